The van der Waals surface area contributed by atoms with Gasteiger partial charge >= 0.3 is 0 Å². The molecule has 0 aliphatic heterocycles. The molecule has 3 aromatic carbocycles. The van der Waals surface area contributed by atoms with E-state index in [1.165, 1.54) is 27.8 Å². The summed E-state index contributed by atoms with van der Waals surface area (Å²) in [5, 5.41) is 0. The van der Waals surface area contributed by atoms with Crippen molar-refractivity contribution in [3.8, 4) is 0 Å². The van der Waals surface area contributed by atoms with Crippen molar-refractivity contribution in [3.63, 3.8) is 0 Å². The van der Waals surface area contributed by atoms with Crippen molar-refractivity contribution in [1.29, 1.82) is 0 Å². The van der Waals surface area contributed by atoms with Crippen LogP contribution in [0.5, 0.6) is 0 Å². The molecule has 3 aromatic rings. The fourth-order valence-corrected chi connectivity index (χ4v) is 3.70. The highest BCUT2D eigenvalue weighted by Gasteiger charge is 2.29. The van der Waals surface area contributed by atoms with Gasteiger partial charge in [-0.25, -0.2) is 0 Å². The molecule has 0 heterocycles. The van der Waals surface area contributed by atoms with Gasteiger partial charge in [0.1, 0.15) is 0 Å². The van der Waals surface area contributed by atoms with Gasteiger partial charge in [-0.15, -0.1) is 0 Å². The molecule has 26 heavy (non-hydrogen) atoms. The van der Waals surface area contributed by atoms with Gasteiger partial charge in [0.25, 0.3) is 0 Å². The van der Waals surface area contributed by atoms with E-state index in [-0.39, 0.29) is 10.8 Å². The van der Waals surface area contributed by atoms with Crippen molar-refractivity contribution in [2.75, 3.05) is 0 Å². The molecule has 0 spiro atoms. The first-order valence-corrected chi connectivity index (χ1v) is 9.26. The Balaban J connectivity index is 2.15. The molecule has 3 rings (SSSR count). The third-order valence-corrected chi connectivity index (χ3v) is 5.66. The Bertz CT molecular complexity index is 884. The fraction of sp³-hybridized carbons (Fsp3) is 0.231. The Morgan fingerprint density at radius 2 is 1.12 bits per heavy atom. The molecule has 0 bridgehead atoms. The standard InChI is InChI=1S/C26H28/c1-6-20-17-18-23(25(2,3)21-13-9-7-10-14-21)19-24(20)26(4,5)22-15-11-8-12-16-22/h6-19H,1H2,2-5H3. The van der Waals surface area contributed by atoms with E-state index < -0.39 is 0 Å². The topological polar surface area (TPSA) is 0 Å². The third-order valence-electron chi connectivity index (χ3n) is 5.66. The molecule has 0 amide bonds. The van der Waals surface area contributed by atoms with Crippen molar-refractivity contribution >= 4 is 6.08 Å². The van der Waals surface area contributed by atoms with Crippen molar-refractivity contribution in [2.45, 2.75) is 38.5 Å². The van der Waals surface area contributed by atoms with Crippen LogP contribution in [0.15, 0.2) is 85.4 Å². The molecule has 0 aromatic heterocycles. The largest absolute Gasteiger partial charge is 0.0985 e. The molecule has 0 aliphatic carbocycles. The van der Waals surface area contributed by atoms with Crippen LogP contribution in [-0.4, -0.2) is 0 Å². The summed E-state index contributed by atoms with van der Waals surface area (Å²) >= 11 is 0. The van der Waals surface area contributed by atoms with Crippen molar-refractivity contribution in [2.24, 2.45) is 0 Å². The first-order chi connectivity index (χ1) is 12.4. The van der Waals surface area contributed by atoms with Crippen LogP contribution in [0, 0.1) is 0 Å². The van der Waals surface area contributed by atoms with E-state index in [2.05, 4.69) is 113 Å². The first-order valence-electron chi connectivity index (χ1n) is 9.26. The lowest BCUT2D eigenvalue weighted by Gasteiger charge is -2.32. The summed E-state index contributed by atoms with van der Waals surface area (Å²) in [5.41, 5.74) is 6.35. The number of hydrogen-bond donors (Lipinski definition) is 0. The highest BCUT2D eigenvalue weighted by atomic mass is 14.3. The summed E-state index contributed by atoms with van der Waals surface area (Å²) in [6, 6.07) is 28.3. The molecule has 0 fully saturated rings. The van der Waals surface area contributed by atoms with Crippen LogP contribution in [-0.2, 0) is 10.8 Å². The van der Waals surface area contributed by atoms with Gasteiger partial charge in [0.15, 0.2) is 0 Å². The van der Waals surface area contributed by atoms with Gasteiger partial charge in [0.05, 0.1) is 0 Å². The maximum absolute atomic E-state index is 4.05. The van der Waals surface area contributed by atoms with Crippen LogP contribution in [0.1, 0.15) is 55.5 Å². The average Bonchev–Trinajstić information content (AvgIpc) is 2.68. The van der Waals surface area contributed by atoms with Crippen LogP contribution in [0.25, 0.3) is 6.08 Å². The lowest BCUT2D eigenvalue weighted by atomic mass is 9.72. The van der Waals surface area contributed by atoms with E-state index in [0.29, 0.717) is 0 Å². The van der Waals surface area contributed by atoms with E-state index >= 15 is 0 Å². The number of rotatable bonds is 5. The van der Waals surface area contributed by atoms with Crippen LogP contribution < -0.4 is 0 Å². The van der Waals surface area contributed by atoms with Gasteiger partial charge < -0.3 is 0 Å². The lowest BCUT2D eigenvalue weighted by molar-refractivity contribution is 0.616. The number of benzene rings is 3. The molecule has 0 saturated heterocycles. The number of hydrogen-bond acceptors (Lipinski definition) is 0. The minimum atomic E-state index is -0.0897. The second kappa shape index (κ2) is 6.96. The summed E-state index contributed by atoms with van der Waals surface area (Å²) in [6.45, 7) is 13.2. The maximum Gasteiger partial charge on any atom is 0.0152 e. The van der Waals surface area contributed by atoms with E-state index in [1.807, 2.05) is 6.08 Å². The minimum absolute atomic E-state index is 0.0531. The Morgan fingerprint density at radius 3 is 1.62 bits per heavy atom. The van der Waals surface area contributed by atoms with Crippen molar-refractivity contribution in [1.82, 2.24) is 0 Å². The molecule has 0 nitrogen and oxygen atoms in total. The monoisotopic (exact) mass is 340 g/mol. The fourth-order valence-electron chi connectivity index (χ4n) is 3.70. The van der Waals surface area contributed by atoms with Crippen molar-refractivity contribution in [3.05, 3.63) is 113 Å². The van der Waals surface area contributed by atoms with E-state index in [9.17, 15) is 0 Å². The second-order valence-corrected chi connectivity index (χ2v) is 7.99. The van der Waals surface area contributed by atoms with E-state index in [1.54, 1.807) is 0 Å². The normalized spacial score (nSPS) is 12.0. The molecule has 0 unspecified atom stereocenters. The average molecular weight is 341 g/mol. The summed E-state index contributed by atoms with van der Waals surface area (Å²) in [4.78, 5) is 0. The predicted octanol–water partition coefficient (Wildman–Crippen LogP) is 6.98. The Kier molecular flexibility index (Phi) is 4.87. The van der Waals surface area contributed by atoms with Gasteiger partial charge in [0.2, 0.25) is 0 Å². The minimum Gasteiger partial charge on any atom is -0.0985 e. The zero-order valence-corrected chi connectivity index (χ0v) is 16.3. The molecule has 0 aliphatic rings. The lowest BCUT2D eigenvalue weighted by Crippen LogP contribution is -2.24. The van der Waals surface area contributed by atoms with E-state index in [4.69, 9.17) is 0 Å². The SMILES string of the molecule is C=Cc1ccc(C(C)(C)c2ccccc2)cc1C(C)(C)c1ccccc1. The summed E-state index contributed by atoms with van der Waals surface area (Å²) < 4.78 is 0. The second-order valence-electron chi connectivity index (χ2n) is 7.99. The quantitative estimate of drug-likeness (QED) is 0.470. The van der Waals surface area contributed by atoms with Gasteiger partial charge in [-0.05, 0) is 27.8 Å². The Labute approximate surface area is 158 Å². The highest BCUT2D eigenvalue weighted by molar-refractivity contribution is 5.59. The Hall–Kier alpha value is -2.60. The summed E-state index contributed by atoms with van der Waals surface area (Å²) in [5.74, 6) is 0. The molecule has 132 valence electrons. The van der Waals surface area contributed by atoms with Crippen LogP contribution in [0.2, 0.25) is 0 Å². The molecular weight excluding hydrogens is 312 g/mol. The maximum atomic E-state index is 4.05. The van der Waals surface area contributed by atoms with Gasteiger partial charge in [0, 0.05) is 10.8 Å². The van der Waals surface area contributed by atoms with Gasteiger partial charge in [-0.2, -0.15) is 0 Å². The molecular formula is C26H28. The molecule has 0 saturated carbocycles. The molecule has 0 radical (unpaired) electrons. The third kappa shape index (κ3) is 3.24. The Morgan fingerprint density at radius 1 is 0.615 bits per heavy atom. The molecule has 0 atom stereocenters. The molecule has 0 N–H and O–H groups in total. The zero-order valence-electron chi connectivity index (χ0n) is 16.3. The van der Waals surface area contributed by atoms with E-state index in [0.717, 1.165) is 0 Å². The van der Waals surface area contributed by atoms with Crippen LogP contribution in [0.4, 0.5) is 0 Å². The summed E-state index contributed by atoms with van der Waals surface area (Å²) in [6.07, 6.45) is 1.97. The van der Waals surface area contributed by atoms with Crippen LogP contribution >= 0.6 is 0 Å². The predicted molar refractivity (Wildman–Crippen MR) is 114 cm³/mol. The van der Waals surface area contributed by atoms with Crippen LogP contribution in [0.3, 0.4) is 0 Å². The first kappa shape index (κ1) is 18.2. The van der Waals surface area contributed by atoms with Gasteiger partial charge in [-0.3, -0.25) is 0 Å². The van der Waals surface area contributed by atoms with Crippen molar-refractivity contribution < 1.29 is 0 Å². The molecule has 0 heteroatoms. The zero-order chi connectivity index (χ0) is 18.8. The smallest absolute Gasteiger partial charge is 0.0152 e. The summed E-state index contributed by atoms with van der Waals surface area (Å²) in [7, 11) is 0. The van der Waals surface area contributed by atoms with Gasteiger partial charge in [-0.1, -0.05) is 119 Å². The highest BCUT2D eigenvalue weighted by Crippen LogP contribution is 2.38.